The summed E-state index contributed by atoms with van der Waals surface area (Å²) in [7, 11) is 7.26. The number of nitrogens with one attached hydrogen (secondary N) is 4. The van der Waals surface area contributed by atoms with E-state index in [1.54, 1.807) is 72.2 Å². The number of rotatable bonds is 14. The number of likely N-dealkylation sites (N-methyl/N-ethyl adjacent to an activating group) is 2. The molecule has 4 N–H and O–H groups in total. The zero-order valence-electron chi connectivity index (χ0n) is 30.5. The van der Waals surface area contributed by atoms with Crippen molar-refractivity contribution in [2.75, 3.05) is 38.8 Å². The van der Waals surface area contributed by atoms with Gasteiger partial charge in [0.05, 0.1) is 0 Å². The van der Waals surface area contributed by atoms with E-state index < -0.39 is 24.2 Å². The lowest BCUT2D eigenvalue weighted by Crippen LogP contribution is -2.46. The smallest absolute Gasteiger partial charge is 0.248 e. The molecule has 5 rings (SSSR count). The minimum absolute atomic E-state index is 0.279. The maximum atomic E-state index is 13.1. The van der Waals surface area contributed by atoms with Crippen LogP contribution in [0.4, 0.5) is 11.4 Å². The number of hydrogen-bond donors (Lipinski definition) is 4. The fraction of sp³-hybridized carbons (Fsp3) is 0.250. The highest BCUT2D eigenvalue weighted by atomic mass is 16.4. The number of carbonyl (C=O) groups excluding carboxylic acids is 4. The summed E-state index contributed by atoms with van der Waals surface area (Å²) in [5.74, 6) is -0.726. The monoisotopic (exact) mass is 716 g/mol. The van der Waals surface area contributed by atoms with E-state index in [4.69, 9.17) is 4.42 Å². The van der Waals surface area contributed by atoms with Gasteiger partial charge in [-0.3, -0.25) is 29.0 Å². The highest BCUT2D eigenvalue weighted by molar-refractivity contribution is 5.98. The second-order valence-electron chi connectivity index (χ2n) is 13.1. The molecule has 0 spiro atoms. The van der Waals surface area contributed by atoms with Crippen LogP contribution in [-0.4, -0.2) is 83.9 Å². The summed E-state index contributed by atoms with van der Waals surface area (Å²) in [6.45, 7) is 3.27. The zero-order chi connectivity index (χ0) is 38.1. The first-order valence-corrected chi connectivity index (χ1v) is 17.1. The summed E-state index contributed by atoms with van der Waals surface area (Å²) in [4.78, 5) is 55.6. The van der Waals surface area contributed by atoms with Crippen LogP contribution in [0.25, 0.3) is 22.9 Å². The molecule has 4 atom stereocenters. The van der Waals surface area contributed by atoms with Gasteiger partial charge in [0.1, 0.15) is 24.2 Å². The molecule has 0 aliphatic heterocycles. The van der Waals surface area contributed by atoms with Gasteiger partial charge in [0.15, 0.2) is 0 Å². The van der Waals surface area contributed by atoms with Crippen molar-refractivity contribution in [3.05, 3.63) is 120 Å². The van der Waals surface area contributed by atoms with Crippen LogP contribution in [0.3, 0.4) is 0 Å². The molecular formula is C40H44N8O5. The van der Waals surface area contributed by atoms with Crippen LogP contribution in [0.15, 0.2) is 114 Å². The van der Waals surface area contributed by atoms with Crippen LogP contribution < -0.4 is 21.3 Å². The van der Waals surface area contributed by atoms with Crippen LogP contribution in [0.2, 0.25) is 0 Å². The van der Waals surface area contributed by atoms with Gasteiger partial charge < -0.3 is 25.7 Å². The second-order valence-corrected chi connectivity index (χ2v) is 13.1. The molecule has 4 amide bonds. The molecule has 0 aliphatic carbocycles. The molecule has 13 nitrogen and oxygen atoms in total. The third-order valence-electron chi connectivity index (χ3n) is 8.49. The fourth-order valence-corrected chi connectivity index (χ4v) is 5.70. The van der Waals surface area contributed by atoms with Crippen LogP contribution >= 0.6 is 0 Å². The van der Waals surface area contributed by atoms with Crippen LogP contribution in [-0.2, 0) is 19.2 Å². The van der Waals surface area contributed by atoms with Gasteiger partial charge in [-0.05, 0) is 102 Å². The number of aromatic nitrogens is 2. The zero-order valence-corrected chi connectivity index (χ0v) is 30.5. The summed E-state index contributed by atoms with van der Waals surface area (Å²) in [5.41, 5.74) is 4.01. The van der Waals surface area contributed by atoms with Crippen LogP contribution in [0.5, 0.6) is 0 Å². The highest BCUT2D eigenvalue weighted by Crippen LogP contribution is 2.26. The molecule has 0 bridgehead atoms. The third-order valence-corrected chi connectivity index (χ3v) is 8.49. The Morgan fingerprint density at radius 3 is 1.17 bits per heavy atom. The molecule has 0 aliphatic rings. The first kappa shape index (κ1) is 38.1. The Balaban J connectivity index is 1.13. The lowest BCUT2D eigenvalue weighted by Gasteiger charge is -2.25. The molecule has 0 radical (unpaired) electrons. The summed E-state index contributed by atoms with van der Waals surface area (Å²) in [6.07, 6.45) is 0. The van der Waals surface area contributed by atoms with Gasteiger partial charge in [-0.25, -0.2) is 0 Å². The average molecular weight is 717 g/mol. The molecule has 1 heterocycles. The lowest BCUT2D eigenvalue weighted by atomic mass is 10.0. The summed E-state index contributed by atoms with van der Waals surface area (Å²) < 4.78 is 5.92. The highest BCUT2D eigenvalue weighted by Gasteiger charge is 2.27. The van der Waals surface area contributed by atoms with E-state index in [1.165, 1.54) is 0 Å². The summed E-state index contributed by atoms with van der Waals surface area (Å²) >= 11 is 0. The molecule has 0 fully saturated rings. The van der Waals surface area contributed by atoms with Crippen molar-refractivity contribution in [1.82, 2.24) is 30.6 Å². The van der Waals surface area contributed by atoms with Crippen molar-refractivity contribution in [3.63, 3.8) is 0 Å². The van der Waals surface area contributed by atoms with E-state index in [-0.39, 0.29) is 35.4 Å². The lowest BCUT2D eigenvalue weighted by molar-refractivity contribution is -0.129. The minimum Gasteiger partial charge on any atom is -0.416 e. The molecular weight excluding hydrogens is 672 g/mol. The van der Waals surface area contributed by atoms with E-state index in [0.717, 1.165) is 11.1 Å². The molecule has 274 valence electrons. The first-order valence-electron chi connectivity index (χ1n) is 17.1. The number of amides is 4. The SMILES string of the molecule is C[C@H](NC(=O)[C@H](c1ccccc1)N(C)C)C(=O)Nc1ccc(-c2nnc(-c3ccc(NC(=O)[C@H](C)NC(=O)[C@H](c4ccccc4)N(C)C)cc3)o2)cc1. The van der Waals surface area contributed by atoms with Crippen molar-refractivity contribution >= 4 is 35.0 Å². The predicted octanol–water partition coefficient (Wildman–Crippen LogP) is 4.90. The molecule has 5 aromatic rings. The average Bonchev–Trinajstić information content (AvgIpc) is 3.63. The maximum Gasteiger partial charge on any atom is 0.248 e. The first-order chi connectivity index (χ1) is 25.4. The third kappa shape index (κ3) is 9.79. The van der Waals surface area contributed by atoms with Gasteiger partial charge in [0.25, 0.3) is 0 Å². The van der Waals surface area contributed by atoms with E-state index in [2.05, 4.69) is 31.5 Å². The van der Waals surface area contributed by atoms with E-state index in [1.807, 2.05) is 88.9 Å². The standard InChI is InChI=1S/C40H44N8O5/c1-25(41-37(51)33(47(3)4)27-13-9-7-10-14-27)35(49)43-31-21-17-29(18-22-31)39-45-46-40(53-39)30-19-23-32(24-20-30)44-36(50)26(2)42-38(52)34(48(5)6)28-15-11-8-12-16-28/h7-26,33-34H,1-6H3,(H,41,51)(H,42,52)(H,43,49)(H,44,50)/t25-,26-,33-,34-/m0/s1. The van der Waals surface area contributed by atoms with Crippen molar-refractivity contribution in [2.45, 2.75) is 38.0 Å². The topological polar surface area (TPSA) is 162 Å². The van der Waals surface area contributed by atoms with Gasteiger partial charge in [-0.1, -0.05) is 60.7 Å². The summed E-state index contributed by atoms with van der Waals surface area (Å²) in [5, 5.41) is 19.6. The maximum absolute atomic E-state index is 13.1. The number of benzene rings is 4. The van der Waals surface area contributed by atoms with Crippen molar-refractivity contribution in [2.24, 2.45) is 0 Å². The van der Waals surface area contributed by atoms with E-state index in [0.29, 0.717) is 22.5 Å². The van der Waals surface area contributed by atoms with Crippen LogP contribution in [0, 0.1) is 0 Å². The normalized spacial score (nSPS) is 13.4. The van der Waals surface area contributed by atoms with Crippen LogP contribution in [0.1, 0.15) is 37.1 Å². The van der Waals surface area contributed by atoms with E-state index in [9.17, 15) is 19.2 Å². The minimum atomic E-state index is -0.781. The largest absolute Gasteiger partial charge is 0.416 e. The molecule has 0 saturated heterocycles. The van der Waals surface area contributed by atoms with Crippen molar-refractivity contribution in [1.29, 1.82) is 0 Å². The van der Waals surface area contributed by atoms with Gasteiger partial charge in [-0.2, -0.15) is 0 Å². The molecule has 13 heteroatoms. The fourth-order valence-electron chi connectivity index (χ4n) is 5.70. The Morgan fingerprint density at radius 2 is 0.849 bits per heavy atom. The Bertz CT molecular complexity index is 1860. The molecule has 1 aromatic heterocycles. The number of nitrogens with zero attached hydrogens (tertiary/aromatic N) is 4. The van der Waals surface area contributed by atoms with Crippen molar-refractivity contribution < 1.29 is 23.6 Å². The molecule has 0 saturated carbocycles. The summed E-state index contributed by atoms with van der Waals surface area (Å²) in [6, 6.07) is 29.9. The Morgan fingerprint density at radius 1 is 0.509 bits per heavy atom. The van der Waals surface area contributed by atoms with Gasteiger partial charge >= 0.3 is 0 Å². The number of hydrogen-bond acceptors (Lipinski definition) is 9. The Kier molecular flexibility index (Phi) is 12.5. The molecule has 53 heavy (non-hydrogen) atoms. The quantitative estimate of drug-likeness (QED) is 0.125. The number of carbonyl (C=O) groups is 4. The van der Waals surface area contributed by atoms with Gasteiger partial charge in [0, 0.05) is 22.5 Å². The Labute approximate surface area is 308 Å². The second kappa shape index (κ2) is 17.4. The molecule has 4 aromatic carbocycles. The predicted molar refractivity (Wildman–Crippen MR) is 203 cm³/mol. The Hall–Kier alpha value is -6.18. The molecule has 0 unspecified atom stereocenters. The van der Waals surface area contributed by atoms with Crippen molar-refractivity contribution in [3.8, 4) is 22.9 Å². The van der Waals surface area contributed by atoms with Gasteiger partial charge in [-0.15, -0.1) is 10.2 Å². The van der Waals surface area contributed by atoms with E-state index >= 15 is 0 Å². The number of anilines is 2. The van der Waals surface area contributed by atoms with Gasteiger partial charge in [0.2, 0.25) is 35.4 Å².